The van der Waals surface area contributed by atoms with Gasteiger partial charge < -0.3 is 5.32 Å². The van der Waals surface area contributed by atoms with Crippen LogP contribution in [0.3, 0.4) is 0 Å². The van der Waals surface area contributed by atoms with Crippen LogP contribution in [0.4, 0.5) is 10.1 Å². The van der Waals surface area contributed by atoms with Crippen LogP contribution in [0.1, 0.15) is 35.8 Å². The van der Waals surface area contributed by atoms with E-state index in [9.17, 15) is 9.18 Å². The molecule has 1 aromatic heterocycles. The van der Waals surface area contributed by atoms with E-state index >= 15 is 0 Å². The Morgan fingerprint density at radius 3 is 2.50 bits per heavy atom. The van der Waals surface area contributed by atoms with Crippen molar-refractivity contribution in [2.75, 3.05) is 5.32 Å². The lowest BCUT2D eigenvalue weighted by Crippen LogP contribution is -2.13. The first kappa shape index (κ1) is 15.9. The van der Waals surface area contributed by atoms with E-state index in [-0.39, 0.29) is 11.4 Å². The molecule has 24 heavy (non-hydrogen) atoms. The van der Waals surface area contributed by atoms with Crippen molar-refractivity contribution in [3.8, 4) is 5.69 Å². The molecular weight excluding hydrogens is 307 g/mol. The quantitative estimate of drug-likeness (QED) is 0.794. The second-order valence-corrected chi connectivity index (χ2v) is 5.73. The molecule has 0 unspecified atom stereocenters. The number of aromatic nitrogens is 3. The number of nitrogens with one attached hydrogen (secondary N) is 1. The minimum atomic E-state index is -0.509. The Balaban J connectivity index is 1.77. The van der Waals surface area contributed by atoms with Crippen LogP contribution < -0.4 is 5.32 Å². The summed E-state index contributed by atoms with van der Waals surface area (Å²) in [4.78, 5) is 12.2. The van der Waals surface area contributed by atoms with Gasteiger partial charge in [0.25, 0.3) is 5.91 Å². The number of carbonyl (C=O) groups is 1. The van der Waals surface area contributed by atoms with Crippen LogP contribution in [0.15, 0.2) is 54.7 Å². The van der Waals surface area contributed by atoms with E-state index in [4.69, 9.17) is 0 Å². The van der Waals surface area contributed by atoms with Crippen molar-refractivity contribution >= 4 is 11.6 Å². The van der Waals surface area contributed by atoms with Gasteiger partial charge >= 0.3 is 0 Å². The van der Waals surface area contributed by atoms with Crippen molar-refractivity contribution in [2.45, 2.75) is 19.8 Å². The summed E-state index contributed by atoms with van der Waals surface area (Å²) < 4.78 is 15.1. The summed E-state index contributed by atoms with van der Waals surface area (Å²) in [6, 6.07) is 13.8. The number of para-hydroxylation sites is 1. The highest BCUT2D eigenvalue weighted by atomic mass is 19.1. The smallest absolute Gasteiger partial charge is 0.277 e. The summed E-state index contributed by atoms with van der Waals surface area (Å²) in [6.07, 6.45) is 1.51. The molecule has 0 aliphatic carbocycles. The molecule has 2 aromatic carbocycles. The number of benzene rings is 2. The Morgan fingerprint density at radius 2 is 1.83 bits per heavy atom. The van der Waals surface area contributed by atoms with E-state index in [2.05, 4.69) is 29.5 Å². The molecule has 1 amide bonds. The molecule has 1 heterocycles. The van der Waals surface area contributed by atoms with Crippen LogP contribution in [-0.2, 0) is 0 Å². The lowest BCUT2D eigenvalue weighted by atomic mass is 10.0. The fourth-order valence-electron chi connectivity index (χ4n) is 2.25. The molecule has 0 fully saturated rings. The zero-order valence-corrected chi connectivity index (χ0v) is 13.4. The zero-order chi connectivity index (χ0) is 17.1. The fraction of sp³-hybridized carbons (Fsp3) is 0.167. The SMILES string of the molecule is CC(C)c1ccc(-n2cc(C(=O)Nc3ccccc3F)nn2)cc1. The van der Waals surface area contributed by atoms with Gasteiger partial charge in [0.05, 0.1) is 17.6 Å². The second kappa shape index (κ2) is 6.62. The summed E-state index contributed by atoms with van der Waals surface area (Å²) in [7, 11) is 0. The molecule has 122 valence electrons. The molecule has 3 rings (SSSR count). The van der Waals surface area contributed by atoms with Gasteiger partial charge in [-0.15, -0.1) is 5.10 Å². The number of carbonyl (C=O) groups excluding carboxylic acids is 1. The summed E-state index contributed by atoms with van der Waals surface area (Å²) in [5.74, 6) is -0.565. The maximum absolute atomic E-state index is 13.6. The molecule has 0 bridgehead atoms. The molecule has 5 nitrogen and oxygen atoms in total. The van der Waals surface area contributed by atoms with Gasteiger partial charge in [0, 0.05) is 0 Å². The van der Waals surface area contributed by atoms with E-state index < -0.39 is 11.7 Å². The van der Waals surface area contributed by atoms with Crippen molar-refractivity contribution < 1.29 is 9.18 Å². The molecule has 0 saturated carbocycles. The minimum absolute atomic E-state index is 0.110. The lowest BCUT2D eigenvalue weighted by Gasteiger charge is -2.06. The van der Waals surface area contributed by atoms with Crippen LogP contribution >= 0.6 is 0 Å². The topological polar surface area (TPSA) is 59.8 Å². The lowest BCUT2D eigenvalue weighted by molar-refractivity contribution is 0.102. The Hall–Kier alpha value is -3.02. The molecular formula is C18H17FN4O. The highest BCUT2D eigenvalue weighted by molar-refractivity contribution is 6.02. The number of rotatable bonds is 4. The Labute approximate surface area is 139 Å². The summed E-state index contributed by atoms with van der Waals surface area (Å²) >= 11 is 0. The highest BCUT2D eigenvalue weighted by Crippen LogP contribution is 2.17. The van der Waals surface area contributed by atoms with Crippen LogP contribution in [-0.4, -0.2) is 20.9 Å². The molecule has 0 radical (unpaired) electrons. The number of nitrogens with zero attached hydrogens (tertiary/aromatic N) is 3. The van der Waals surface area contributed by atoms with Crippen molar-refractivity contribution in [1.29, 1.82) is 0 Å². The molecule has 3 aromatic rings. The Bertz CT molecular complexity index is 855. The molecule has 1 N–H and O–H groups in total. The van der Waals surface area contributed by atoms with Crippen molar-refractivity contribution in [3.05, 3.63) is 71.8 Å². The Morgan fingerprint density at radius 1 is 1.12 bits per heavy atom. The predicted octanol–water partition coefficient (Wildman–Crippen LogP) is 3.78. The van der Waals surface area contributed by atoms with Gasteiger partial charge in [-0.2, -0.15) is 0 Å². The Kier molecular flexibility index (Phi) is 4.37. The average Bonchev–Trinajstić information content (AvgIpc) is 3.07. The second-order valence-electron chi connectivity index (χ2n) is 5.73. The summed E-state index contributed by atoms with van der Waals surface area (Å²) in [5.41, 5.74) is 2.25. The third kappa shape index (κ3) is 3.32. The fourth-order valence-corrected chi connectivity index (χ4v) is 2.25. The number of anilines is 1. The molecule has 6 heteroatoms. The van der Waals surface area contributed by atoms with Gasteiger partial charge in [-0.1, -0.05) is 43.3 Å². The van der Waals surface area contributed by atoms with E-state index in [0.717, 1.165) is 5.69 Å². The number of hydrogen-bond acceptors (Lipinski definition) is 3. The predicted molar refractivity (Wildman–Crippen MR) is 89.8 cm³/mol. The van der Waals surface area contributed by atoms with E-state index in [1.54, 1.807) is 12.1 Å². The van der Waals surface area contributed by atoms with Gasteiger partial charge in [0.1, 0.15) is 5.82 Å². The third-order valence-electron chi connectivity index (χ3n) is 3.67. The maximum Gasteiger partial charge on any atom is 0.277 e. The number of amides is 1. The molecule has 0 spiro atoms. The largest absolute Gasteiger partial charge is 0.318 e. The van der Waals surface area contributed by atoms with E-state index in [0.29, 0.717) is 5.92 Å². The first-order chi connectivity index (χ1) is 11.5. The maximum atomic E-state index is 13.6. The molecule has 0 saturated heterocycles. The first-order valence-corrected chi connectivity index (χ1v) is 7.63. The third-order valence-corrected chi connectivity index (χ3v) is 3.67. The van der Waals surface area contributed by atoms with Gasteiger partial charge in [-0.25, -0.2) is 9.07 Å². The van der Waals surface area contributed by atoms with Crippen molar-refractivity contribution in [2.24, 2.45) is 0 Å². The van der Waals surface area contributed by atoms with Gasteiger partial charge in [0.15, 0.2) is 5.69 Å². The summed E-state index contributed by atoms with van der Waals surface area (Å²) in [6.45, 7) is 4.24. The minimum Gasteiger partial charge on any atom is -0.318 e. The van der Waals surface area contributed by atoms with Gasteiger partial charge in [-0.05, 0) is 35.7 Å². The highest BCUT2D eigenvalue weighted by Gasteiger charge is 2.13. The molecule has 0 atom stereocenters. The number of hydrogen-bond donors (Lipinski definition) is 1. The van der Waals surface area contributed by atoms with Crippen molar-refractivity contribution in [3.63, 3.8) is 0 Å². The van der Waals surface area contributed by atoms with E-state index in [1.807, 2.05) is 24.3 Å². The summed E-state index contributed by atoms with van der Waals surface area (Å²) in [5, 5.41) is 10.3. The monoisotopic (exact) mass is 324 g/mol. The molecule has 0 aliphatic heterocycles. The average molecular weight is 324 g/mol. The van der Waals surface area contributed by atoms with Crippen molar-refractivity contribution in [1.82, 2.24) is 15.0 Å². The first-order valence-electron chi connectivity index (χ1n) is 7.63. The van der Waals surface area contributed by atoms with Crippen LogP contribution in [0.2, 0.25) is 0 Å². The van der Waals surface area contributed by atoms with E-state index in [1.165, 1.54) is 28.6 Å². The zero-order valence-electron chi connectivity index (χ0n) is 13.4. The molecule has 0 aliphatic rings. The normalized spacial score (nSPS) is 10.8. The van der Waals surface area contributed by atoms with Crippen LogP contribution in [0.5, 0.6) is 0 Å². The standard InChI is InChI=1S/C18H17FN4O/c1-12(2)13-7-9-14(10-8-13)23-11-17(21-22-23)18(24)20-16-6-4-3-5-15(16)19/h3-12H,1-2H3,(H,20,24). The van der Waals surface area contributed by atoms with Gasteiger partial charge in [0.2, 0.25) is 0 Å². The number of halogens is 1. The van der Waals surface area contributed by atoms with Crippen LogP contribution in [0.25, 0.3) is 5.69 Å². The van der Waals surface area contributed by atoms with Crippen LogP contribution in [0, 0.1) is 5.82 Å². The van der Waals surface area contributed by atoms with Gasteiger partial charge in [-0.3, -0.25) is 4.79 Å².